The first-order chi connectivity index (χ1) is 13.1. The van der Waals surface area contributed by atoms with Crippen LogP contribution in [0.4, 0.5) is 0 Å². The quantitative estimate of drug-likeness (QED) is 0.822. The van der Waals surface area contributed by atoms with E-state index in [1.54, 1.807) is 23.9 Å². The summed E-state index contributed by atoms with van der Waals surface area (Å²) in [6, 6.07) is 13.2. The van der Waals surface area contributed by atoms with Gasteiger partial charge in [0.2, 0.25) is 5.91 Å². The molecule has 6 heteroatoms. The molecule has 5 nitrogen and oxygen atoms in total. The molecular formula is C21H21N3O2S. The highest BCUT2D eigenvalue weighted by atomic mass is 32.2. The van der Waals surface area contributed by atoms with Crippen molar-refractivity contribution < 1.29 is 4.79 Å². The Morgan fingerprint density at radius 1 is 1.26 bits per heavy atom. The SMILES string of the molecule is CSCC(=O)N1CC2CC(C1)c1c(-c3cccc(C#N)c3)ccc(=O)n1C2. The number of pyridine rings is 1. The number of piperidine rings is 1. The second-order valence-electron chi connectivity index (χ2n) is 7.30. The van der Waals surface area contributed by atoms with Crippen molar-refractivity contribution in [3.05, 3.63) is 58.0 Å². The molecule has 1 aromatic heterocycles. The van der Waals surface area contributed by atoms with E-state index in [9.17, 15) is 14.9 Å². The first kappa shape index (κ1) is 17.9. The number of aromatic nitrogens is 1. The Morgan fingerprint density at radius 3 is 2.89 bits per heavy atom. The van der Waals surface area contributed by atoms with Gasteiger partial charge in [0.15, 0.2) is 0 Å². The monoisotopic (exact) mass is 379 g/mol. The van der Waals surface area contributed by atoms with E-state index in [2.05, 4.69) is 6.07 Å². The Hall–Kier alpha value is -2.52. The zero-order valence-corrected chi connectivity index (χ0v) is 16.0. The summed E-state index contributed by atoms with van der Waals surface area (Å²) in [4.78, 5) is 27.0. The van der Waals surface area contributed by atoms with Gasteiger partial charge in [-0.05, 0) is 42.4 Å². The van der Waals surface area contributed by atoms with E-state index in [-0.39, 0.29) is 17.4 Å². The fraction of sp³-hybridized carbons (Fsp3) is 0.381. The summed E-state index contributed by atoms with van der Waals surface area (Å²) in [6.07, 6.45) is 2.94. The zero-order valence-electron chi connectivity index (χ0n) is 15.2. The number of fused-ring (bicyclic) bond motifs is 4. The Kier molecular flexibility index (Phi) is 4.79. The molecule has 4 rings (SSSR count). The molecule has 138 valence electrons. The number of hydrogen-bond donors (Lipinski definition) is 0. The molecule has 0 spiro atoms. The maximum absolute atomic E-state index is 12.5. The lowest BCUT2D eigenvalue weighted by Crippen LogP contribution is -2.49. The summed E-state index contributed by atoms with van der Waals surface area (Å²) in [5, 5.41) is 9.23. The normalized spacial score (nSPS) is 20.7. The van der Waals surface area contributed by atoms with E-state index in [4.69, 9.17) is 0 Å². The number of thioether (sulfide) groups is 1. The van der Waals surface area contributed by atoms with Crippen molar-refractivity contribution in [2.45, 2.75) is 18.9 Å². The molecule has 2 aromatic rings. The number of carbonyl (C=O) groups excluding carboxylic acids is 1. The van der Waals surface area contributed by atoms with Crippen LogP contribution in [0.25, 0.3) is 11.1 Å². The van der Waals surface area contributed by atoms with Crippen LogP contribution in [0.1, 0.15) is 23.6 Å². The van der Waals surface area contributed by atoms with Gasteiger partial charge in [-0.2, -0.15) is 17.0 Å². The smallest absolute Gasteiger partial charge is 0.250 e. The lowest BCUT2D eigenvalue weighted by atomic mass is 9.80. The molecule has 2 bridgehead atoms. The molecule has 2 aliphatic rings. The number of amides is 1. The molecule has 1 fully saturated rings. The molecule has 1 aromatic carbocycles. The highest BCUT2D eigenvalue weighted by molar-refractivity contribution is 7.99. The summed E-state index contributed by atoms with van der Waals surface area (Å²) in [6.45, 7) is 2.04. The minimum atomic E-state index is 0.0174. The maximum atomic E-state index is 12.5. The second kappa shape index (κ2) is 7.24. The second-order valence-corrected chi connectivity index (χ2v) is 8.17. The number of rotatable bonds is 3. The highest BCUT2D eigenvalue weighted by Gasteiger charge is 2.37. The molecule has 2 aliphatic heterocycles. The van der Waals surface area contributed by atoms with E-state index < -0.39 is 0 Å². The number of nitriles is 1. The van der Waals surface area contributed by atoms with Crippen LogP contribution in [-0.2, 0) is 11.3 Å². The molecule has 1 amide bonds. The predicted octanol–water partition coefficient (Wildman–Crippen LogP) is 2.70. The van der Waals surface area contributed by atoms with Crippen molar-refractivity contribution in [1.29, 1.82) is 5.26 Å². The molecule has 1 saturated heterocycles. The molecule has 27 heavy (non-hydrogen) atoms. The first-order valence-corrected chi connectivity index (χ1v) is 10.5. The fourth-order valence-corrected chi connectivity index (χ4v) is 4.86. The standard InChI is InChI=1S/C21H21N3O2S/c1-27-13-20(26)23-10-15-8-17(12-23)21-18(5-6-19(25)24(21)11-15)16-4-2-3-14(7-16)9-22/h2-7,15,17H,8,10-13H2,1H3. The van der Waals surface area contributed by atoms with Crippen molar-refractivity contribution in [3.63, 3.8) is 0 Å². The van der Waals surface area contributed by atoms with E-state index >= 15 is 0 Å². The number of benzene rings is 1. The Morgan fingerprint density at radius 2 is 2.11 bits per heavy atom. The molecule has 0 N–H and O–H groups in total. The molecule has 0 saturated carbocycles. The summed E-state index contributed by atoms with van der Waals surface area (Å²) < 4.78 is 1.89. The van der Waals surface area contributed by atoms with Gasteiger partial charge in [-0.3, -0.25) is 9.59 Å². The van der Waals surface area contributed by atoms with Crippen molar-refractivity contribution in [2.24, 2.45) is 5.92 Å². The third kappa shape index (κ3) is 3.28. The zero-order chi connectivity index (χ0) is 19.0. The van der Waals surface area contributed by atoms with Gasteiger partial charge in [0.1, 0.15) is 0 Å². The molecule has 2 unspecified atom stereocenters. The first-order valence-electron chi connectivity index (χ1n) is 9.11. The summed E-state index contributed by atoms with van der Waals surface area (Å²) in [5.41, 5.74) is 3.57. The van der Waals surface area contributed by atoms with Crippen LogP contribution < -0.4 is 5.56 Å². The highest BCUT2D eigenvalue weighted by Crippen LogP contribution is 2.40. The molecule has 0 aliphatic carbocycles. The van der Waals surface area contributed by atoms with Gasteiger partial charge < -0.3 is 9.47 Å². The molecular weight excluding hydrogens is 358 g/mol. The van der Waals surface area contributed by atoms with Gasteiger partial charge in [-0.25, -0.2) is 0 Å². The molecule has 3 heterocycles. The molecule has 0 radical (unpaired) electrons. The summed E-state index contributed by atoms with van der Waals surface area (Å²) in [5.74, 6) is 1.15. The van der Waals surface area contributed by atoms with Gasteiger partial charge in [0.05, 0.1) is 17.4 Å². The largest absolute Gasteiger partial charge is 0.341 e. The van der Waals surface area contributed by atoms with Crippen molar-refractivity contribution in [2.75, 3.05) is 25.1 Å². The van der Waals surface area contributed by atoms with Gasteiger partial charge in [-0.15, -0.1) is 0 Å². The summed E-state index contributed by atoms with van der Waals surface area (Å²) >= 11 is 1.55. The summed E-state index contributed by atoms with van der Waals surface area (Å²) in [7, 11) is 0. The number of nitrogens with zero attached hydrogens (tertiary/aromatic N) is 3. The van der Waals surface area contributed by atoms with E-state index in [0.29, 0.717) is 30.3 Å². The number of hydrogen-bond acceptors (Lipinski definition) is 4. The van der Waals surface area contributed by atoms with Crippen molar-refractivity contribution >= 4 is 17.7 Å². The molecule has 2 atom stereocenters. The minimum absolute atomic E-state index is 0.0174. The average molecular weight is 379 g/mol. The number of carbonyl (C=O) groups is 1. The van der Waals surface area contributed by atoms with Gasteiger partial charge in [0, 0.05) is 42.9 Å². The third-order valence-electron chi connectivity index (χ3n) is 5.51. The Bertz CT molecular complexity index is 992. The topological polar surface area (TPSA) is 66.1 Å². The van der Waals surface area contributed by atoms with Gasteiger partial charge in [0.25, 0.3) is 5.56 Å². The Balaban J connectivity index is 1.79. The minimum Gasteiger partial charge on any atom is -0.341 e. The van der Waals surface area contributed by atoms with Crippen molar-refractivity contribution in [1.82, 2.24) is 9.47 Å². The van der Waals surface area contributed by atoms with Crippen LogP contribution in [0.5, 0.6) is 0 Å². The van der Waals surface area contributed by atoms with Crippen LogP contribution in [0, 0.1) is 17.2 Å². The maximum Gasteiger partial charge on any atom is 0.250 e. The fourth-order valence-electron chi connectivity index (χ4n) is 4.43. The Labute approximate surface area is 162 Å². The van der Waals surface area contributed by atoms with E-state index in [1.165, 1.54) is 0 Å². The van der Waals surface area contributed by atoms with E-state index in [0.717, 1.165) is 29.8 Å². The predicted molar refractivity (Wildman–Crippen MR) is 107 cm³/mol. The van der Waals surface area contributed by atoms with Gasteiger partial charge >= 0.3 is 0 Å². The lowest BCUT2D eigenvalue weighted by Gasteiger charge is -2.43. The lowest BCUT2D eigenvalue weighted by molar-refractivity contribution is -0.131. The van der Waals surface area contributed by atoms with Gasteiger partial charge in [-0.1, -0.05) is 12.1 Å². The van der Waals surface area contributed by atoms with Crippen LogP contribution in [-0.4, -0.2) is 40.5 Å². The average Bonchev–Trinajstić information content (AvgIpc) is 2.69. The van der Waals surface area contributed by atoms with Crippen LogP contribution in [0.3, 0.4) is 0 Å². The number of likely N-dealkylation sites (tertiary alicyclic amines) is 1. The van der Waals surface area contributed by atoms with Crippen LogP contribution in [0.15, 0.2) is 41.2 Å². The van der Waals surface area contributed by atoms with E-state index in [1.807, 2.05) is 40.0 Å². The van der Waals surface area contributed by atoms with Crippen molar-refractivity contribution in [3.8, 4) is 17.2 Å². The van der Waals surface area contributed by atoms with Crippen LogP contribution in [0.2, 0.25) is 0 Å². The third-order valence-corrected chi connectivity index (χ3v) is 6.05. The van der Waals surface area contributed by atoms with Crippen LogP contribution >= 0.6 is 11.8 Å².